The number of anilines is 1. The lowest BCUT2D eigenvalue weighted by Gasteiger charge is -2.09. The summed E-state index contributed by atoms with van der Waals surface area (Å²) in [4.78, 5) is 11.5. The third-order valence-corrected chi connectivity index (χ3v) is 5.15. The number of benzene rings is 1. The normalized spacial score (nSPS) is 11.0. The fourth-order valence-electron chi connectivity index (χ4n) is 2.16. The summed E-state index contributed by atoms with van der Waals surface area (Å²) in [6, 6.07) is 8.62. The SMILES string of the molecule is CCNc1nc(Sc2ccc(C)cc2C)c2ccsc2n1. The quantitative estimate of drug-likeness (QED) is 0.696. The van der Waals surface area contributed by atoms with Gasteiger partial charge in [0.1, 0.15) is 9.86 Å². The predicted octanol–water partition coefficient (Wildman–Crippen LogP) is 4.89. The zero-order valence-electron chi connectivity index (χ0n) is 12.3. The average Bonchev–Trinajstić information content (AvgIpc) is 2.91. The third-order valence-electron chi connectivity index (χ3n) is 3.16. The Hall–Kier alpha value is -1.59. The molecule has 3 rings (SSSR count). The van der Waals surface area contributed by atoms with Crippen LogP contribution in [0.4, 0.5) is 5.95 Å². The van der Waals surface area contributed by atoms with Gasteiger partial charge in [-0.1, -0.05) is 29.5 Å². The first-order valence-corrected chi connectivity index (χ1v) is 8.61. The Bertz CT molecular complexity index is 780. The number of rotatable bonds is 4. The zero-order valence-corrected chi connectivity index (χ0v) is 13.9. The third kappa shape index (κ3) is 3.04. The Morgan fingerprint density at radius 1 is 1.19 bits per heavy atom. The van der Waals surface area contributed by atoms with E-state index < -0.39 is 0 Å². The van der Waals surface area contributed by atoms with Gasteiger partial charge in [0.15, 0.2) is 0 Å². The first-order valence-electron chi connectivity index (χ1n) is 6.91. The van der Waals surface area contributed by atoms with Crippen molar-refractivity contribution in [3.63, 3.8) is 0 Å². The number of aryl methyl sites for hydroxylation is 2. The second-order valence-electron chi connectivity index (χ2n) is 4.89. The molecule has 0 spiro atoms. The molecule has 3 nitrogen and oxygen atoms in total. The molecule has 2 aromatic heterocycles. The van der Waals surface area contributed by atoms with Crippen molar-refractivity contribution in [1.29, 1.82) is 0 Å². The molecule has 0 amide bonds. The maximum Gasteiger partial charge on any atom is 0.225 e. The van der Waals surface area contributed by atoms with Gasteiger partial charge in [-0.25, -0.2) is 9.97 Å². The van der Waals surface area contributed by atoms with Crippen molar-refractivity contribution in [3.05, 3.63) is 40.8 Å². The van der Waals surface area contributed by atoms with Gasteiger partial charge < -0.3 is 5.32 Å². The predicted molar refractivity (Wildman–Crippen MR) is 91.6 cm³/mol. The van der Waals surface area contributed by atoms with E-state index in [1.165, 1.54) is 16.0 Å². The molecule has 0 saturated carbocycles. The maximum atomic E-state index is 4.67. The van der Waals surface area contributed by atoms with Gasteiger partial charge in [-0.05, 0) is 43.8 Å². The molecule has 3 aromatic rings. The van der Waals surface area contributed by atoms with Crippen LogP contribution in [-0.4, -0.2) is 16.5 Å². The van der Waals surface area contributed by atoms with E-state index in [1.54, 1.807) is 23.1 Å². The van der Waals surface area contributed by atoms with Crippen LogP contribution in [0.1, 0.15) is 18.1 Å². The van der Waals surface area contributed by atoms with Crippen LogP contribution in [-0.2, 0) is 0 Å². The van der Waals surface area contributed by atoms with Gasteiger partial charge in [-0.15, -0.1) is 11.3 Å². The minimum Gasteiger partial charge on any atom is -0.354 e. The van der Waals surface area contributed by atoms with Crippen LogP contribution in [0, 0.1) is 13.8 Å². The summed E-state index contributed by atoms with van der Waals surface area (Å²) in [5.74, 6) is 0.708. The molecule has 0 radical (unpaired) electrons. The fraction of sp³-hybridized carbons (Fsp3) is 0.250. The fourth-order valence-corrected chi connectivity index (χ4v) is 3.96. The topological polar surface area (TPSA) is 37.8 Å². The minimum atomic E-state index is 0.708. The average molecular weight is 315 g/mol. The van der Waals surface area contributed by atoms with E-state index in [0.717, 1.165) is 21.8 Å². The number of hydrogen-bond donors (Lipinski definition) is 1. The van der Waals surface area contributed by atoms with E-state index in [-0.39, 0.29) is 0 Å². The van der Waals surface area contributed by atoms with Gasteiger partial charge in [-0.2, -0.15) is 0 Å². The van der Waals surface area contributed by atoms with Crippen molar-refractivity contribution in [1.82, 2.24) is 9.97 Å². The van der Waals surface area contributed by atoms with Crippen LogP contribution in [0.2, 0.25) is 0 Å². The van der Waals surface area contributed by atoms with Crippen LogP contribution in [0.3, 0.4) is 0 Å². The highest BCUT2D eigenvalue weighted by atomic mass is 32.2. The van der Waals surface area contributed by atoms with Crippen LogP contribution >= 0.6 is 23.1 Å². The van der Waals surface area contributed by atoms with Crippen molar-refractivity contribution in [2.75, 3.05) is 11.9 Å². The van der Waals surface area contributed by atoms with Gasteiger partial charge in [-0.3, -0.25) is 0 Å². The molecule has 0 fully saturated rings. The number of fused-ring (bicyclic) bond motifs is 1. The second kappa shape index (κ2) is 6.03. The summed E-state index contributed by atoms with van der Waals surface area (Å²) in [5, 5.41) is 7.43. The van der Waals surface area contributed by atoms with Gasteiger partial charge in [0.25, 0.3) is 0 Å². The molecule has 0 saturated heterocycles. The molecule has 0 unspecified atom stereocenters. The summed E-state index contributed by atoms with van der Waals surface area (Å²) in [7, 11) is 0. The van der Waals surface area contributed by atoms with Crippen LogP contribution in [0.5, 0.6) is 0 Å². The molecule has 2 heterocycles. The summed E-state index contributed by atoms with van der Waals surface area (Å²) < 4.78 is 0. The van der Waals surface area contributed by atoms with Crippen LogP contribution in [0.15, 0.2) is 39.6 Å². The second-order valence-corrected chi connectivity index (χ2v) is 6.82. The maximum absolute atomic E-state index is 4.67. The van der Waals surface area contributed by atoms with E-state index in [0.29, 0.717) is 5.95 Å². The molecule has 1 N–H and O–H groups in total. The van der Waals surface area contributed by atoms with Crippen molar-refractivity contribution < 1.29 is 0 Å². The highest BCUT2D eigenvalue weighted by Crippen LogP contribution is 2.35. The Balaban J connectivity index is 2.04. The lowest BCUT2D eigenvalue weighted by atomic mass is 10.2. The minimum absolute atomic E-state index is 0.708. The molecule has 0 aliphatic rings. The Kier molecular flexibility index (Phi) is 4.12. The standard InChI is InChI=1S/C16H17N3S2/c1-4-17-16-18-14-12(7-8-20-14)15(19-16)21-13-6-5-10(2)9-11(13)3/h5-9H,4H2,1-3H3,(H,17,18,19). The molecule has 108 valence electrons. The van der Waals surface area contributed by atoms with Crippen molar-refractivity contribution >= 4 is 39.3 Å². The summed E-state index contributed by atoms with van der Waals surface area (Å²) in [6.45, 7) is 7.14. The highest BCUT2D eigenvalue weighted by Gasteiger charge is 2.11. The van der Waals surface area contributed by atoms with E-state index >= 15 is 0 Å². The van der Waals surface area contributed by atoms with Crippen molar-refractivity contribution in [2.24, 2.45) is 0 Å². The number of nitrogens with one attached hydrogen (secondary N) is 1. The largest absolute Gasteiger partial charge is 0.354 e. The molecule has 0 bridgehead atoms. The van der Waals surface area contributed by atoms with Gasteiger partial charge in [0.2, 0.25) is 5.95 Å². The van der Waals surface area contributed by atoms with Crippen molar-refractivity contribution in [2.45, 2.75) is 30.7 Å². The summed E-state index contributed by atoms with van der Waals surface area (Å²) >= 11 is 3.37. The molecule has 1 aromatic carbocycles. The summed E-state index contributed by atoms with van der Waals surface area (Å²) in [5.41, 5.74) is 2.57. The molecular weight excluding hydrogens is 298 g/mol. The van der Waals surface area contributed by atoms with Crippen molar-refractivity contribution in [3.8, 4) is 0 Å². The summed E-state index contributed by atoms with van der Waals surface area (Å²) in [6.07, 6.45) is 0. The molecule has 0 aliphatic heterocycles. The number of thiophene rings is 1. The Labute approximate surface area is 132 Å². The Morgan fingerprint density at radius 2 is 2.05 bits per heavy atom. The smallest absolute Gasteiger partial charge is 0.225 e. The van der Waals surface area contributed by atoms with E-state index in [9.17, 15) is 0 Å². The van der Waals surface area contributed by atoms with Crippen LogP contribution < -0.4 is 5.32 Å². The van der Waals surface area contributed by atoms with E-state index in [1.807, 2.05) is 0 Å². The molecule has 21 heavy (non-hydrogen) atoms. The molecular formula is C16H17N3S2. The lowest BCUT2D eigenvalue weighted by molar-refractivity contribution is 1.05. The number of hydrogen-bond acceptors (Lipinski definition) is 5. The zero-order chi connectivity index (χ0) is 14.8. The van der Waals surface area contributed by atoms with Gasteiger partial charge in [0, 0.05) is 16.8 Å². The highest BCUT2D eigenvalue weighted by molar-refractivity contribution is 7.99. The molecule has 0 atom stereocenters. The number of nitrogens with zero attached hydrogens (tertiary/aromatic N) is 2. The first-order chi connectivity index (χ1) is 10.2. The van der Waals surface area contributed by atoms with E-state index in [4.69, 9.17) is 0 Å². The van der Waals surface area contributed by atoms with Crippen LogP contribution in [0.25, 0.3) is 10.2 Å². The van der Waals surface area contributed by atoms with E-state index in [2.05, 4.69) is 65.7 Å². The first kappa shape index (κ1) is 14.4. The number of aromatic nitrogens is 2. The monoisotopic (exact) mass is 315 g/mol. The molecule has 0 aliphatic carbocycles. The van der Waals surface area contributed by atoms with Gasteiger partial charge in [0.05, 0.1) is 0 Å². The van der Waals surface area contributed by atoms with Gasteiger partial charge >= 0.3 is 0 Å². The lowest BCUT2D eigenvalue weighted by Crippen LogP contribution is -2.02. The molecule has 5 heteroatoms. The Morgan fingerprint density at radius 3 is 2.81 bits per heavy atom.